The Labute approximate surface area is 119 Å². The first-order chi connectivity index (χ1) is 9.59. The van der Waals surface area contributed by atoms with Gasteiger partial charge < -0.3 is 10.6 Å². The smallest absolute Gasteiger partial charge is 0.253 e. The molecule has 0 spiro atoms. The molecule has 1 aliphatic rings. The third-order valence-electron chi connectivity index (χ3n) is 3.80. The molecule has 1 aromatic rings. The highest BCUT2D eigenvalue weighted by Gasteiger charge is 2.24. The molecule has 2 N–H and O–H groups in total. The minimum absolute atomic E-state index is 0.0548. The molecule has 0 aliphatic carbocycles. The van der Waals surface area contributed by atoms with E-state index in [0.717, 1.165) is 19.5 Å². The van der Waals surface area contributed by atoms with Crippen LogP contribution in [0.4, 0.5) is 0 Å². The number of hydrogen-bond acceptors (Lipinski definition) is 3. The fourth-order valence-electron chi connectivity index (χ4n) is 2.47. The Balaban J connectivity index is 1.99. The lowest BCUT2D eigenvalue weighted by Gasteiger charge is -2.25. The molecule has 20 heavy (non-hydrogen) atoms. The molecule has 1 unspecified atom stereocenters. The maximum absolute atomic E-state index is 12.4. The number of nitrogens with two attached hydrogens (primary N) is 1. The summed E-state index contributed by atoms with van der Waals surface area (Å²) in [5, 5.41) is 0. The van der Waals surface area contributed by atoms with E-state index in [0.29, 0.717) is 18.7 Å². The van der Waals surface area contributed by atoms with Crippen LogP contribution in [0.3, 0.4) is 0 Å². The Hall–Kier alpha value is -1.88. The Morgan fingerprint density at radius 2 is 1.80 bits per heavy atom. The van der Waals surface area contributed by atoms with Crippen molar-refractivity contribution < 1.29 is 9.59 Å². The second-order valence-corrected chi connectivity index (χ2v) is 5.13. The van der Waals surface area contributed by atoms with Gasteiger partial charge in [-0.3, -0.25) is 14.5 Å². The molecule has 0 saturated carbocycles. The number of amides is 2. The Morgan fingerprint density at radius 1 is 1.10 bits per heavy atom. The van der Waals surface area contributed by atoms with Crippen molar-refractivity contribution >= 4 is 11.8 Å². The van der Waals surface area contributed by atoms with Crippen molar-refractivity contribution in [3.63, 3.8) is 0 Å². The molecule has 1 aliphatic heterocycles. The number of primary amides is 1. The SMILES string of the molecule is CC(C(N)=O)N1CCCN(C(=O)c2ccccc2)CC1. The van der Waals surface area contributed by atoms with Gasteiger partial charge in [-0.15, -0.1) is 0 Å². The van der Waals surface area contributed by atoms with Gasteiger partial charge in [-0.05, 0) is 25.5 Å². The molecule has 2 amide bonds. The average molecular weight is 275 g/mol. The fourth-order valence-corrected chi connectivity index (χ4v) is 2.47. The van der Waals surface area contributed by atoms with E-state index in [9.17, 15) is 9.59 Å². The predicted molar refractivity (Wildman–Crippen MR) is 77.2 cm³/mol. The van der Waals surface area contributed by atoms with Gasteiger partial charge in [0.25, 0.3) is 5.91 Å². The van der Waals surface area contributed by atoms with Crippen LogP contribution in [-0.2, 0) is 4.79 Å². The van der Waals surface area contributed by atoms with E-state index in [1.54, 1.807) is 0 Å². The average Bonchev–Trinajstić information content (AvgIpc) is 2.72. The summed E-state index contributed by atoms with van der Waals surface area (Å²) in [5.74, 6) is -0.257. The lowest BCUT2D eigenvalue weighted by atomic mass is 10.2. The minimum Gasteiger partial charge on any atom is -0.368 e. The van der Waals surface area contributed by atoms with Crippen LogP contribution in [-0.4, -0.2) is 53.8 Å². The van der Waals surface area contributed by atoms with Crippen molar-refractivity contribution in [1.29, 1.82) is 0 Å². The quantitative estimate of drug-likeness (QED) is 0.883. The first-order valence-electron chi connectivity index (χ1n) is 6.97. The van der Waals surface area contributed by atoms with Gasteiger partial charge in [-0.25, -0.2) is 0 Å². The van der Waals surface area contributed by atoms with E-state index >= 15 is 0 Å². The molecule has 1 fully saturated rings. The normalized spacial score (nSPS) is 18.4. The first-order valence-corrected chi connectivity index (χ1v) is 6.97. The van der Waals surface area contributed by atoms with E-state index in [1.165, 1.54) is 0 Å². The second-order valence-electron chi connectivity index (χ2n) is 5.13. The summed E-state index contributed by atoms with van der Waals surface area (Å²) in [4.78, 5) is 27.5. The zero-order valence-electron chi connectivity index (χ0n) is 11.8. The molecule has 1 heterocycles. The summed E-state index contributed by atoms with van der Waals surface area (Å²) in [5.41, 5.74) is 6.05. The highest BCUT2D eigenvalue weighted by Crippen LogP contribution is 2.11. The van der Waals surface area contributed by atoms with Gasteiger partial charge in [0, 0.05) is 31.7 Å². The summed E-state index contributed by atoms with van der Waals surface area (Å²) in [7, 11) is 0. The molecule has 2 rings (SSSR count). The minimum atomic E-state index is -0.312. The predicted octanol–water partition coefficient (Wildman–Crippen LogP) is 0.708. The van der Waals surface area contributed by atoms with Gasteiger partial charge in [0.2, 0.25) is 5.91 Å². The van der Waals surface area contributed by atoms with Crippen molar-refractivity contribution in [2.45, 2.75) is 19.4 Å². The number of rotatable bonds is 3. The van der Waals surface area contributed by atoms with Gasteiger partial charge in [-0.2, -0.15) is 0 Å². The molecule has 5 heteroatoms. The van der Waals surface area contributed by atoms with Gasteiger partial charge in [-0.1, -0.05) is 18.2 Å². The summed E-state index contributed by atoms with van der Waals surface area (Å²) < 4.78 is 0. The van der Waals surface area contributed by atoms with Crippen LogP contribution in [0.2, 0.25) is 0 Å². The van der Waals surface area contributed by atoms with Crippen molar-refractivity contribution in [2.24, 2.45) is 5.73 Å². The van der Waals surface area contributed by atoms with Gasteiger partial charge in [0.1, 0.15) is 0 Å². The van der Waals surface area contributed by atoms with Crippen molar-refractivity contribution in [3.05, 3.63) is 35.9 Å². The van der Waals surface area contributed by atoms with Crippen LogP contribution in [0, 0.1) is 0 Å². The second kappa shape index (κ2) is 6.52. The Morgan fingerprint density at radius 3 is 2.45 bits per heavy atom. The van der Waals surface area contributed by atoms with Crippen LogP contribution >= 0.6 is 0 Å². The lowest BCUT2D eigenvalue weighted by molar-refractivity contribution is -0.122. The Kier molecular flexibility index (Phi) is 4.74. The van der Waals surface area contributed by atoms with E-state index in [2.05, 4.69) is 0 Å². The van der Waals surface area contributed by atoms with Crippen molar-refractivity contribution in [1.82, 2.24) is 9.80 Å². The molecule has 1 saturated heterocycles. The maximum Gasteiger partial charge on any atom is 0.253 e. The number of hydrogen-bond donors (Lipinski definition) is 1. The molecule has 5 nitrogen and oxygen atoms in total. The zero-order valence-corrected chi connectivity index (χ0v) is 11.8. The van der Waals surface area contributed by atoms with E-state index < -0.39 is 0 Å². The molecular formula is C15H21N3O2. The molecular weight excluding hydrogens is 254 g/mol. The highest BCUT2D eigenvalue weighted by molar-refractivity contribution is 5.94. The van der Waals surface area contributed by atoms with Crippen LogP contribution in [0.1, 0.15) is 23.7 Å². The summed E-state index contributed by atoms with van der Waals surface area (Å²) in [6, 6.07) is 9.02. The monoisotopic (exact) mass is 275 g/mol. The maximum atomic E-state index is 12.4. The largest absolute Gasteiger partial charge is 0.368 e. The number of carbonyl (C=O) groups is 2. The number of benzene rings is 1. The number of carbonyl (C=O) groups excluding carboxylic acids is 2. The molecule has 1 aromatic carbocycles. The molecule has 0 aromatic heterocycles. The van der Waals surface area contributed by atoms with E-state index in [1.807, 2.05) is 47.1 Å². The number of nitrogens with zero attached hydrogens (tertiary/aromatic N) is 2. The zero-order chi connectivity index (χ0) is 14.5. The van der Waals surface area contributed by atoms with Crippen LogP contribution in [0.5, 0.6) is 0 Å². The topological polar surface area (TPSA) is 66.6 Å². The first kappa shape index (κ1) is 14.5. The highest BCUT2D eigenvalue weighted by atomic mass is 16.2. The summed E-state index contributed by atoms with van der Waals surface area (Å²) in [6.07, 6.45) is 0.857. The molecule has 0 bridgehead atoms. The van der Waals surface area contributed by atoms with Gasteiger partial charge in [0.05, 0.1) is 6.04 Å². The van der Waals surface area contributed by atoms with Crippen molar-refractivity contribution in [3.8, 4) is 0 Å². The van der Waals surface area contributed by atoms with E-state index in [4.69, 9.17) is 5.73 Å². The molecule has 1 atom stereocenters. The fraction of sp³-hybridized carbons (Fsp3) is 0.467. The van der Waals surface area contributed by atoms with Crippen LogP contribution in [0.15, 0.2) is 30.3 Å². The third-order valence-corrected chi connectivity index (χ3v) is 3.80. The van der Waals surface area contributed by atoms with Gasteiger partial charge in [0.15, 0.2) is 0 Å². The van der Waals surface area contributed by atoms with Crippen LogP contribution < -0.4 is 5.73 Å². The summed E-state index contributed by atoms with van der Waals surface area (Å²) >= 11 is 0. The molecule has 0 radical (unpaired) electrons. The third kappa shape index (κ3) is 3.36. The standard InChI is InChI=1S/C15H21N3O2/c1-12(14(16)19)17-8-5-9-18(11-10-17)15(20)13-6-3-2-4-7-13/h2-4,6-7,12H,5,8-11H2,1H3,(H2,16,19). The lowest BCUT2D eigenvalue weighted by Crippen LogP contribution is -2.44. The van der Waals surface area contributed by atoms with Crippen molar-refractivity contribution in [2.75, 3.05) is 26.2 Å². The van der Waals surface area contributed by atoms with E-state index in [-0.39, 0.29) is 17.9 Å². The Bertz CT molecular complexity index is 475. The molecule has 108 valence electrons. The van der Waals surface area contributed by atoms with Gasteiger partial charge >= 0.3 is 0 Å². The summed E-state index contributed by atoms with van der Waals surface area (Å²) in [6.45, 7) is 4.64. The van der Waals surface area contributed by atoms with Crippen LogP contribution in [0.25, 0.3) is 0 Å².